The van der Waals surface area contributed by atoms with Crippen molar-refractivity contribution in [1.29, 1.82) is 0 Å². The highest BCUT2D eigenvalue weighted by Crippen LogP contribution is 2.42. The zero-order valence-corrected chi connectivity index (χ0v) is 19.8. The van der Waals surface area contributed by atoms with Crippen molar-refractivity contribution in [2.75, 3.05) is 39.3 Å². The van der Waals surface area contributed by atoms with Gasteiger partial charge in [-0.25, -0.2) is 9.79 Å². The van der Waals surface area contributed by atoms with Crippen molar-refractivity contribution in [2.45, 2.75) is 39.7 Å². The lowest BCUT2D eigenvalue weighted by molar-refractivity contribution is -0.141. The number of thioether (sulfide) groups is 1. The highest BCUT2D eigenvalue weighted by molar-refractivity contribution is 8.14. The number of fused-ring (bicyclic) bond motifs is 1. The molecule has 0 spiro atoms. The van der Waals surface area contributed by atoms with E-state index in [1.54, 1.807) is 18.9 Å². The molecule has 0 bridgehead atoms. The lowest BCUT2D eigenvalue weighted by atomic mass is 9.93. The second kappa shape index (κ2) is 11.4. The molecule has 174 valence electrons. The molecule has 1 aromatic carbocycles. The zero-order chi connectivity index (χ0) is 23.1. The van der Waals surface area contributed by atoms with E-state index in [4.69, 9.17) is 18.9 Å². The van der Waals surface area contributed by atoms with Crippen LogP contribution >= 0.6 is 11.8 Å². The van der Waals surface area contributed by atoms with Crippen molar-refractivity contribution < 1.29 is 28.5 Å². The van der Waals surface area contributed by atoms with E-state index in [9.17, 15) is 9.59 Å². The van der Waals surface area contributed by atoms with Gasteiger partial charge in [0.2, 0.25) is 5.91 Å². The lowest BCUT2D eigenvalue weighted by Gasteiger charge is -2.39. The molecular formula is C23H30N2O6S. The third kappa shape index (κ3) is 5.27. The van der Waals surface area contributed by atoms with E-state index in [-0.39, 0.29) is 19.1 Å². The second-order valence-electron chi connectivity index (χ2n) is 7.27. The molecule has 1 unspecified atom stereocenters. The number of ether oxygens (including phenoxy) is 4. The first kappa shape index (κ1) is 24.1. The minimum Gasteiger partial charge on any atom is -0.490 e. The topological polar surface area (TPSA) is 86.7 Å². The zero-order valence-electron chi connectivity index (χ0n) is 19.0. The van der Waals surface area contributed by atoms with E-state index in [0.717, 1.165) is 12.0 Å². The Balaban J connectivity index is 2.06. The van der Waals surface area contributed by atoms with Crippen LogP contribution in [0.15, 0.2) is 34.5 Å². The Hall–Kier alpha value is -2.52. The summed E-state index contributed by atoms with van der Waals surface area (Å²) in [7, 11) is 1.54. The Morgan fingerprint density at radius 2 is 2.00 bits per heavy atom. The summed E-state index contributed by atoms with van der Waals surface area (Å²) in [4.78, 5) is 32.2. The van der Waals surface area contributed by atoms with E-state index in [2.05, 4.69) is 4.99 Å². The monoisotopic (exact) mass is 462 g/mol. The van der Waals surface area contributed by atoms with Gasteiger partial charge in [-0.2, -0.15) is 0 Å². The quantitative estimate of drug-likeness (QED) is 0.387. The highest BCUT2D eigenvalue weighted by atomic mass is 32.2. The standard InChI is InChI=1S/C23H30N2O6S/c1-5-10-30-17-8-7-16(14-18(17)29-6-2)21-20(22(27)31-12-11-28-4)15(3)24-23-25(21)19(26)9-13-32-23/h7-8,14,21H,5-6,9-13H2,1-4H3. The Labute approximate surface area is 192 Å². The van der Waals surface area contributed by atoms with Crippen LogP contribution in [0.1, 0.15) is 45.2 Å². The molecular weight excluding hydrogens is 432 g/mol. The van der Waals surface area contributed by atoms with Crippen molar-refractivity contribution in [3.63, 3.8) is 0 Å². The number of benzene rings is 1. The van der Waals surface area contributed by atoms with Crippen molar-refractivity contribution in [1.82, 2.24) is 4.90 Å². The van der Waals surface area contributed by atoms with Gasteiger partial charge in [-0.1, -0.05) is 24.8 Å². The molecule has 32 heavy (non-hydrogen) atoms. The summed E-state index contributed by atoms with van der Waals surface area (Å²) in [6, 6.07) is 4.87. The molecule has 0 aromatic heterocycles. The Morgan fingerprint density at radius 3 is 2.72 bits per heavy atom. The maximum Gasteiger partial charge on any atom is 0.338 e. The van der Waals surface area contributed by atoms with Crippen LogP contribution in [-0.4, -0.2) is 61.2 Å². The maximum absolute atomic E-state index is 13.1. The summed E-state index contributed by atoms with van der Waals surface area (Å²) >= 11 is 1.51. The number of rotatable bonds is 10. The minimum atomic E-state index is -0.655. The molecule has 0 N–H and O–H groups in total. The fourth-order valence-corrected chi connectivity index (χ4v) is 4.57. The molecule has 1 amide bonds. The van der Waals surface area contributed by atoms with Gasteiger partial charge in [-0.3, -0.25) is 9.69 Å². The predicted octanol–water partition coefficient (Wildman–Crippen LogP) is 3.71. The van der Waals surface area contributed by atoms with E-state index < -0.39 is 12.0 Å². The summed E-state index contributed by atoms with van der Waals surface area (Å²) in [6.45, 7) is 7.13. The number of aliphatic imine (C=N–C) groups is 1. The fourth-order valence-electron chi connectivity index (χ4n) is 3.56. The molecule has 3 rings (SSSR count). The summed E-state index contributed by atoms with van der Waals surface area (Å²) in [5.41, 5.74) is 1.61. The first-order valence-corrected chi connectivity index (χ1v) is 11.8. The molecule has 1 saturated heterocycles. The molecule has 8 nitrogen and oxygen atoms in total. The molecule has 2 heterocycles. The van der Waals surface area contributed by atoms with Crippen molar-refractivity contribution in [3.8, 4) is 11.5 Å². The number of nitrogens with zero attached hydrogens (tertiary/aromatic N) is 2. The number of allylic oxidation sites excluding steroid dienone is 1. The van der Waals surface area contributed by atoms with Crippen LogP contribution in [-0.2, 0) is 19.1 Å². The average molecular weight is 463 g/mol. The van der Waals surface area contributed by atoms with E-state index in [0.29, 0.717) is 53.3 Å². The maximum atomic E-state index is 13.1. The Morgan fingerprint density at radius 1 is 1.19 bits per heavy atom. The third-order valence-electron chi connectivity index (χ3n) is 4.99. The van der Waals surface area contributed by atoms with Crippen LogP contribution in [0.3, 0.4) is 0 Å². The molecule has 1 atom stereocenters. The van der Waals surface area contributed by atoms with Crippen molar-refractivity contribution >= 4 is 28.8 Å². The summed E-state index contributed by atoms with van der Waals surface area (Å²) < 4.78 is 22.0. The first-order chi connectivity index (χ1) is 15.5. The number of methoxy groups -OCH3 is 1. The number of hydrogen-bond donors (Lipinski definition) is 0. The second-order valence-corrected chi connectivity index (χ2v) is 8.34. The van der Waals surface area contributed by atoms with E-state index in [1.165, 1.54) is 11.8 Å². The normalized spacial score (nSPS) is 18.2. The fraction of sp³-hybridized carbons (Fsp3) is 0.522. The number of amides is 1. The molecule has 0 saturated carbocycles. The number of carbonyl (C=O) groups excluding carboxylic acids is 2. The Bertz CT molecular complexity index is 914. The highest BCUT2D eigenvalue weighted by Gasteiger charge is 2.42. The van der Waals surface area contributed by atoms with E-state index in [1.807, 2.05) is 32.0 Å². The predicted molar refractivity (Wildman–Crippen MR) is 123 cm³/mol. The van der Waals surface area contributed by atoms with Crippen LogP contribution < -0.4 is 9.47 Å². The number of hydrogen-bond acceptors (Lipinski definition) is 8. The molecule has 2 aliphatic rings. The number of esters is 1. The van der Waals surface area contributed by atoms with Gasteiger partial charge in [-0.15, -0.1) is 0 Å². The van der Waals surface area contributed by atoms with Crippen LogP contribution in [0.2, 0.25) is 0 Å². The lowest BCUT2D eigenvalue weighted by Crippen LogP contribution is -2.45. The largest absolute Gasteiger partial charge is 0.490 e. The SMILES string of the molecule is CCCOc1ccc(C2C(C(=O)OCCOC)=C(C)N=C3SCCC(=O)N32)cc1OCC. The average Bonchev–Trinajstić information content (AvgIpc) is 2.77. The third-order valence-corrected chi connectivity index (χ3v) is 5.95. The van der Waals surface area contributed by atoms with Crippen molar-refractivity contribution in [3.05, 3.63) is 35.0 Å². The van der Waals surface area contributed by atoms with Crippen LogP contribution in [0, 0.1) is 0 Å². The Kier molecular flexibility index (Phi) is 8.58. The van der Waals surface area contributed by atoms with Crippen molar-refractivity contribution in [2.24, 2.45) is 4.99 Å². The molecule has 0 aliphatic carbocycles. The van der Waals surface area contributed by atoms with Gasteiger partial charge in [0.25, 0.3) is 0 Å². The smallest absolute Gasteiger partial charge is 0.338 e. The van der Waals surface area contributed by atoms with E-state index >= 15 is 0 Å². The van der Waals surface area contributed by atoms with Gasteiger partial charge >= 0.3 is 5.97 Å². The van der Waals surface area contributed by atoms with Gasteiger partial charge in [0.05, 0.1) is 37.1 Å². The van der Waals surface area contributed by atoms with Crippen LogP contribution in [0.25, 0.3) is 0 Å². The first-order valence-electron chi connectivity index (χ1n) is 10.8. The molecule has 9 heteroatoms. The van der Waals surface area contributed by atoms with Gasteiger partial charge in [0, 0.05) is 19.3 Å². The molecule has 2 aliphatic heterocycles. The van der Waals surface area contributed by atoms with Gasteiger partial charge in [0.15, 0.2) is 16.7 Å². The van der Waals surface area contributed by atoms with Gasteiger partial charge in [-0.05, 0) is 38.0 Å². The molecule has 1 aromatic rings. The molecule has 0 radical (unpaired) electrons. The summed E-state index contributed by atoms with van der Waals surface area (Å²) in [6.07, 6.45) is 1.25. The molecule has 1 fully saturated rings. The van der Waals surface area contributed by atoms with Crippen LogP contribution in [0.5, 0.6) is 11.5 Å². The van der Waals surface area contributed by atoms with Crippen LogP contribution in [0.4, 0.5) is 0 Å². The minimum absolute atomic E-state index is 0.0774. The van der Waals surface area contributed by atoms with Gasteiger partial charge < -0.3 is 18.9 Å². The summed E-state index contributed by atoms with van der Waals surface area (Å²) in [5, 5.41) is 0.599. The number of amidine groups is 1. The summed E-state index contributed by atoms with van der Waals surface area (Å²) in [5.74, 6) is 1.28. The van der Waals surface area contributed by atoms with Gasteiger partial charge in [0.1, 0.15) is 6.61 Å². The number of carbonyl (C=O) groups is 2.